The molecule has 5 heteroatoms. The maximum Gasteiger partial charge on any atom is 0.257 e. The summed E-state index contributed by atoms with van der Waals surface area (Å²) < 4.78 is 0. The predicted octanol–water partition coefficient (Wildman–Crippen LogP) is 4.69. The number of benzene rings is 2. The molecule has 132 valence electrons. The summed E-state index contributed by atoms with van der Waals surface area (Å²) in [6.07, 6.45) is 1.65. The van der Waals surface area contributed by atoms with Crippen LogP contribution in [0.15, 0.2) is 54.6 Å². The minimum Gasteiger partial charge on any atom is -0.298 e. The van der Waals surface area contributed by atoms with E-state index < -0.39 is 0 Å². The van der Waals surface area contributed by atoms with Gasteiger partial charge in [0, 0.05) is 12.5 Å². The third-order valence-corrected chi connectivity index (χ3v) is 5.30. The van der Waals surface area contributed by atoms with Gasteiger partial charge in [0.15, 0.2) is 10.9 Å². The summed E-state index contributed by atoms with van der Waals surface area (Å²) in [5.41, 5.74) is 3.52. The van der Waals surface area contributed by atoms with Crippen LogP contribution in [0.4, 0.5) is 5.13 Å². The van der Waals surface area contributed by atoms with E-state index >= 15 is 0 Å². The van der Waals surface area contributed by atoms with Gasteiger partial charge in [0.2, 0.25) is 0 Å². The summed E-state index contributed by atoms with van der Waals surface area (Å²) in [7, 11) is 0. The first-order valence-electron chi connectivity index (χ1n) is 8.46. The Morgan fingerprint density at radius 1 is 1.00 bits per heavy atom. The highest BCUT2D eigenvalue weighted by molar-refractivity contribution is 7.17. The number of carbonyl (C=O) groups is 2. The van der Waals surface area contributed by atoms with Crippen LogP contribution in [-0.4, -0.2) is 16.7 Å². The summed E-state index contributed by atoms with van der Waals surface area (Å²) in [5.74, 6) is -0.235. The molecule has 0 aliphatic heterocycles. The molecule has 0 spiro atoms. The number of ketones is 1. The van der Waals surface area contributed by atoms with Gasteiger partial charge in [-0.15, -0.1) is 0 Å². The lowest BCUT2D eigenvalue weighted by Gasteiger charge is -2.09. The zero-order chi connectivity index (χ0) is 18.5. The molecule has 2 aromatic carbocycles. The molecule has 0 unspecified atom stereocenters. The SMILES string of the molecule is CC(=O)c1sc(NC(=O)c2ccccc2CCc2ccccc2)nc1C. The number of aromatic nitrogens is 1. The second-order valence-corrected chi connectivity index (χ2v) is 7.09. The topological polar surface area (TPSA) is 59.1 Å². The lowest BCUT2D eigenvalue weighted by atomic mass is 9.99. The van der Waals surface area contributed by atoms with Crippen molar-refractivity contribution in [2.75, 3.05) is 5.32 Å². The molecule has 0 aliphatic carbocycles. The molecule has 0 fully saturated rings. The summed E-state index contributed by atoms with van der Waals surface area (Å²) >= 11 is 1.21. The molecule has 3 rings (SSSR count). The van der Waals surface area contributed by atoms with Crippen LogP contribution in [0.3, 0.4) is 0 Å². The van der Waals surface area contributed by atoms with Gasteiger partial charge in [-0.05, 0) is 37.0 Å². The molecule has 1 N–H and O–H groups in total. The Balaban J connectivity index is 1.75. The Kier molecular flexibility index (Phi) is 5.58. The minimum atomic E-state index is -0.197. The molecule has 0 saturated carbocycles. The highest BCUT2D eigenvalue weighted by Crippen LogP contribution is 2.24. The fourth-order valence-corrected chi connectivity index (χ4v) is 3.68. The Bertz CT molecular complexity index is 932. The van der Waals surface area contributed by atoms with Crippen LogP contribution in [0.5, 0.6) is 0 Å². The number of hydrogen-bond donors (Lipinski definition) is 1. The second kappa shape index (κ2) is 8.06. The van der Waals surface area contributed by atoms with E-state index in [4.69, 9.17) is 0 Å². The number of nitrogens with zero attached hydrogens (tertiary/aromatic N) is 1. The fraction of sp³-hybridized carbons (Fsp3) is 0.190. The number of Topliss-reactive ketones (excluding diaryl/α,β-unsaturated/α-hetero) is 1. The third kappa shape index (κ3) is 4.24. The maximum atomic E-state index is 12.7. The Morgan fingerprint density at radius 3 is 2.38 bits per heavy atom. The number of amides is 1. The molecule has 0 radical (unpaired) electrons. The van der Waals surface area contributed by atoms with E-state index in [-0.39, 0.29) is 11.7 Å². The van der Waals surface area contributed by atoms with Crippen molar-refractivity contribution in [1.82, 2.24) is 4.98 Å². The van der Waals surface area contributed by atoms with Crippen molar-refractivity contribution in [1.29, 1.82) is 0 Å². The van der Waals surface area contributed by atoms with Gasteiger partial charge in [-0.1, -0.05) is 59.9 Å². The van der Waals surface area contributed by atoms with Crippen LogP contribution >= 0.6 is 11.3 Å². The molecule has 1 heterocycles. The van der Waals surface area contributed by atoms with Crippen molar-refractivity contribution >= 4 is 28.2 Å². The molecular formula is C21H20N2O2S. The number of anilines is 1. The maximum absolute atomic E-state index is 12.7. The van der Waals surface area contributed by atoms with Crippen LogP contribution in [0.2, 0.25) is 0 Å². The van der Waals surface area contributed by atoms with E-state index in [1.54, 1.807) is 6.92 Å². The Hall–Kier alpha value is -2.79. The molecule has 26 heavy (non-hydrogen) atoms. The summed E-state index contributed by atoms with van der Waals surface area (Å²) in [5, 5.41) is 3.28. The predicted molar refractivity (Wildman–Crippen MR) is 105 cm³/mol. The fourth-order valence-electron chi connectivity index (χ4n) is 2.82. The molecule has 4 nitrogen and oxygen atoms in total. The number of thiazole rings is 1. The van der Waals surface area contributed by atoms with Crippen LogP contribution < -0.4 is 5.32 Å². The molecule has 3 aromatic rings. The van der Waals surface area contributed by atoms with Gasteiger partial charge in [-0.2, -0.15) is 0 Å². The van der Waals surface area contributed by atoms with Crippen molar-refractivity contribution < 1.29 is 9.59 Å². The monoisotopic (exact) mass is 364 g/mol. The number of nitrogens with one attached hydrogen (secondary N) is 1. The average molecular weight is 364 g/mol. The average Bonchev–Trinajstić information content (AvgIpc) is 3.01. The quantitative estimate of drug-likeness (QED) is 0.646. The van der Waals surface area contributed by atoms with Gasteiger partial charge in [-0.25, -0.2) is 4.98 Å². The van der Waals surface area contributed by atoms with Crippen LogP contribution in [0, 0.1) is 6.92 Å². The van der Waals surface area contributed by atoms with Crippen LogP contribution in [-0.2, 0) is 12.8 Å². The van der Waals surface area contributed by atoms with Crippen LogP contribution in [0.25, 0.3) is 0 Å². The van der Waals surface area contributed by atoms with E-state index in [9.17, 15) is 9.59 Å². The number of carbonyl (C=O) groups excluding carboxylic acids is 2. The van der Waals surface area contributed by atoms with Gasteiger partial charge in [0.25, 0.3) is 5.91 Å². The molecule has 0 aliphatic rings. The van der Waals surface area contributed by atoms with Gasteiger partial charge < -0.3 is 0 Å². The summed E-state index contributed by atoms with van der Waals surface area (Å²) in [6.45, 7) is 3.28. The largest absolute Gasteiger partial charge is 0.298 e. The number of rotatable bonds is 6. The first kappa shape index (κ1) is 18.0. The van der Waals surface area contributed by atoms with E-state index in [2.05, 4.69) is 22.4 Å². The highest BCUT2D eigenvalue weighted by atomic mass is 32.1. The highest BCUT2D eigenvalue weighted by Gasteiger charge is 2.16. The number of hydrogen-bond acceptors (Lipinski definition) is 4. The molecule has 0 atom stereocenters. The standard InChI is InChI=1S/C21H20N2O2S/c1-14-19(15(2)24)26-21(22-14)23-20(25)18-11-7-6-10-17(18)13-12-16-8-4-3-5-9-16/h3-11H,12-13H2,1-2H3,(H,22,23,25). The van der Waals surface area contributed by atoms with Crippen molar-refractivity contribution in [3.05, 3.63) is 81.9 Å². The van der Waals surface area contributed by atoms with Crippen molar-refractivity contribution in [2.45, 2.75) is 26.7 Å². The van der Waals surface area contributed by atoms with E-state index in [0.717, 1.165) is 18.4 Å². The molecule has 1 aromatic heterocycles. The van der Waals surface area contributed by atoms with Gasteiger partial charge in [0.1, 0.15) is 0 Å². The number of aryl methyl sites for hydroxylation is 3. The summed E-state index contributed by atoms with van der Waals surface area (Å²) in [4.78, 5) is 29.1. The van der Waals surface area contributed by atoms with Crippen molar-refractivity contribution in [2.24, 2.45) is 0 Å². The summed E-state index contributed by atoms with van der Waals surface area (Å²) in [6, 6.07) is 17.8. The third-order valence-electron chi connectivity index (χ3n) is 4.12. The first-order chi connectivity index (χ1) is 12.5. The molecular weight excluding hydrogens is 344 g/mol. The smallest absolute Gasteiger partial charge is 0.257 e. The lowest BCUT2D eigenvalue weighted by molar-refractivity contribution is 0.101. The zero-order valence-corrected chi connectivity index (χ0v) is 15.6. The second-order valence-electron chi connectivity index (χ2n) is 6.09. The van der Waals surface area contributed by atoms with Crippen LogP contribution in [0.1, 0.15) is 43.8 Å². The van der Waals surface area contributed by atoms with Gasteiger partial charge in [-0.3, -0.25) is 14.9 Å². The minimum absolute atomic E-state index is 0.0382. The Labute approximate surface area is 156 Å². The van der Waals surface area contributed by atoms with E-state index in [1.165, 1.54) is 23.8 Å². The van der Waals surface area contributed by atoms with Crippen molar-refractivity contribution in [3.8, 4) is 0 Å². The molecule has 0 bridgehead atoms. The Morgan fingerprint density at radius 2 is 1.69 bits per heavy atom. The first-order valence-corrected chi connectivity index (χ1v) is 9.28. The normalized spacial score (nSPS) is 10.5. The van der Waals surface area contributed by atoms with Gasteiger partial charge in [0.05, 0.1) is 10.6 Å². The van der Waals surface area contributed by atoms with Crippen molar-refractivity contribution in [3.63, 3.8) is 0 Å². The van der Waals surface area contributed by atoms with E-state index in [1.807, 2.05) is 42.5 Å². The lowest BCUT2D eigenvalue weighted by Crippen LogP contribution is -2.14. The van der Waals surface area contributed by atoms with Gasteiger partial charge >= 0.3 is 0 Å². The zero-order valence-electron chi connectivity index (χ0n) is 14.8. The van der Waals surface area contributed by atoms with E-state index in [0.29, 0.717) is 21.3 Å². The molecule has 1 amide bonds. The molecule has 0 saturated heterocycles.